The Morgan fingerprint density at radius 1 is 1.11 bits per heavy atom. The van der Waals surface area contributed by atoms with Gasteiger partial charge in [-0.1, -0.05) is 26.8 Å². The minimum Gasteiger partial charge on any atom is -0.340 e. The quantitative estimate of drug-likeness (QED) is 0.861. The minimum atomic E-state index is -0.480. The van der Waals surface area contributed by atoms with E-state index in [0.29, 0.717) is 23.8 Å². The number of amides is 2. The first-order valence-electron chi connectivity index (χ1n) is 10.4. The standard InChI is InChI=1S/C23H36N2O2/c1-8-18-11-19-9-16(6)17(7)10-21(24-22(26)20(12-18)13-19)23(27)25(14(2)3)15(4)5/h11-17,21H,8-10H2,1-7H3,(H,24,26)/t16-,17?,21-/m0/s1. The van der Waals surface area contributed by atoms with Crippen molar-refractivity contribution in [1.29, 1.82) is 0 Å². The fourth-order valence-corrected chi connectivity index (χ4v) is 4.14. The number of nitrogens with zero attached hydrogens (tertiary/aromatic N) is 1. The van der Waals surface area contributed by atoms with E-state index in [4.69, 9.17) is 0 Å². The SMILES string of the molecule is CCc1cc2cc(c1)C(=O)N[C@H](C(=O)N(C(C)C)C(C)C)CC(C)[C@@H](C)C2. The van der Waals surface area contributed by atoms with Crippen LogP contribution in [0.1, 0.15) is 76.4 Å². The van der Waals surface area contributed by atoms with Crippen LogP contribution in [0.25, 0.3) is 0 Å². The molecule has 0 spiro atoms. The molecule has 27 heavy (non-hydrogen) atoms. The summed E-state index contributed by atoms with van der Waals surface area (Å²) in [5.41, 5.74) is 3.06. The van der Waals surface area contributed by atoms with Gasteiger partial charge in [0.1, 0.15) is 6.04 Å². The van der Waals surface area contributed by atoms with Gasteiger partial charge in [-0.15, -0.1) is 0 Å². The van der Waals surface area contributed by atoms with E-state index < -0.39 is 6.04 Å². The van der Waals surface area contributed by atoms with Crippen molar-refractivity contribution in [2.45, 2.75) is 85.9 Å². The third kappa shape index (κ3) is 5.12. The normalized spacial score (nSPS) is 23.3. The average molecular weight is 373 g/mol. The van der Waals surface area contributed by atoms with Gasteiger partial charge in [-0.25, -0.2) is 0 Å². The molecule has 4 heteroatoms. The molecule has 1 aromatic carbocycles. The largest absolute Gasteiger partial charge is 0.340 e. The lowest BCUT2D eigenvalue weighted by atomic mass is 9.83. The van der Waals surface area contributed by atoms with Gasteiger partial charge >= 0.3 is 0 Å². The number of carbonyl (C=O) groups excluding carboxylic acids is 2. The van der Waals surface area contributed by atoms with E-state index in [1.54, 1.807) is 0 Å². The Hall–Kier alpha value is -1.84. The third-order valence-corrected chi connectivity index (χ3v) is 5.83. The first-order valence-corrected chi connectivity index (χ1v) is 10.4. The molecule has 1 unspecified atom stereocenters. The predicted molar refractivity (Wildman–Crippen MR) is 111 cm³/mol. The summed E-state index contributed by atoms with van der Waals surface area (Å²) in [5.74, 6) is 0.674. The Balaban J connectivity index is 2.41. The second-order valence-electron chi connectivity index (χ2n) is 8.75. The zero-order valence-corrected chi connectivity index (χ0v) is 18.0. The van der Waals surface area contributed by atoms with Gasteiger partial charge in [-0.2, -0.15) is 0 Å². The van der Waals surface area contributed by atoms with E-state index in [0.717, 1.165) is 12.8 Å². The van der Waals surface area contributed by atoms with Crippen LogP contribution in [0.15, 0.2) is 18.2 Å². The highest BCUT2D eigenvalue weighted by Crippen LogP contribution is 2.26. The van der Waals surface area contributed by atoms with Crippen molar-refractivity contribution in [2.24, 2.45) is 11.8 Å². The molecule has 0 aromatic heterocycles. The maximum Gasteiger partial charge on any atom is 0.251 e. The van der Waals surface area contributed by atoms with Gasteiger partial charge in [-0.3, -0.25) is 9.59 Å². The van der Waals surface area contributed by atoms with Crippen LogP contribution in [0.5, 0.6) is 0 Å². The average Bonchev–Trinajstić information content (AvgIpc) is 2.59. The highest BCUT2D eigenvalue weighted by atomic mass is 16.2. The number of hydrogen-bond donors (Lipinski definition) is 1. The molecule has 1 aromatic rings. The van der Waals surface area contributed by atoms with Gasteiger partial charge in [0, 0.05) is 17.6 Å². The van der Waals surface area contributed by atoms with E-state index >= 15 is 0 Å². The predicted octanol–water partition coefficient (Wildman–Crippen LogP) is 4.21. The van der Waals surface area contributed by atoms with Crippen LogP contribution in [0, 0.1) is 11.8 Å². The number of carbonyl (C=O) groups is 2. The van der Waals surface area contributed by atoms with E-state index in [-0.39, 0.29) is 23.9 Å². The molecule has 2 amide bonds. The minimum absolute atomic E-state index is 0.0276. The van der Waals surface area contributed by atoms with Gasteiger partial charge in [-0.05, 0) is 82.1 Å². The molecule has 1 aliphatic heterocycles. The lowest BCUT2D eigenvalue weighted by Gasteiger charge is -2.36. The second-order valence-corrected chi connectivity index (χ2v) is 8.75. The van der Waals surface area contributed by atoms with Crippen molar-refractivity contribution in [3.05, 3.63) is 34.9 Å². The fraction of sp³-hybridized carbons (Fsp3) is 0.652. The Bertz CT molecular complexity index is 673. The van der Waals surface area contributed by atoms with Crippen molar-refractivity contribution < 1.29 is 9.59 Å². The molecule has 150 valence electrons. The van der Waals surface area contributed by atoms with Crippen molar-refractivity contribution in [3.8, 4) is 0 Å². The monoisotopic (exact) mass is 372 g/mol. The molecule has 4 nitrogen and oxygen atoms in total. The second kappa shape index (κ2) is 8.90. The van der Waals surface area contributed by atoms with Gasteiger partial charge < -0.3 is 10.2 Å². The van der Waals surface area contributed by atoms with Crippen LogP contribution in [0.3, 0.4) is 0 Å². The summed E-state index contributed by atoms with van der Waals surface area (Å²) in [7, 11) is 0. The summed E-state index contributed by atoms with van der Waals surface area (Å²) in [5, 5.41) is 3.06. The van der Waals surface area contributed by atoms with Gasteiger partial charge in [0.05, 0.1) is 0 Å². The van der Waals surface area contributed by atoms with Gasteiger partial charge in [0.25, 0.3) is 5.91 Å². The molecule has 1 N–H and O–H groups in total. The molecule has 1 aliphatic rings. The van der Waals surface area contributed by atoms with E-state index in [1.165, 1.54) is 11.1 Å². The lowest BCUT2D eigenvalue weighted by Crippen LogP contribution is -2.53. The smallest absolute Gasteiger partial charge is 0.251 e. The summed E-state index contributed by atoms with van der Waals surface area (Å²) in [6.45, 7) is 14.7. The van der Waals surface area contributed by atoms with Crippen molar-refractivity contribution >= 4 is 11.8 Å². The van der Waals surface area contributed by atoms with Gasteiger partial charge in [0.15, 0.2) is 0 Å². The molecular weight excluding hydrogens is 336 g/mol. The highest BCUT2D eigenvalue weighted by molar-refractivity contribution is 5.98. The summed E-state index contributed by atoms with van der Waals surface area (Å²) in [6, 6.07) is 5.89. The highest BCUT2D eigenvalue weighted by Gasteiger charge is 2.32. The Morgan fingerprint density at radius 3 is 2.30 bits per heavy atom. The number of hydrogen-bond acceptors (Lipinski definition) is 2. The third-order valence-electron chi connectivity index (χ3n) is 5.83. The number of nitrogens with one attached hydrogen (secondary N) is 1. The van der Waals surface area contributed by atoms with Crippen LogP contribution in [0.2, 0.25) is 0 Å². The molecule has 0 fully saturated rings. The summed E-state index contributed by atoms with van der Waals surface area (Å²) in [4.78, 5) is 28.1. The fourth-order valence-electron chi connectivity index (χ4n) is 4.14. The topological polar surface area (TPSA) is 49.4 Å². The molecule has 1 heterocycles. The van der Waals surface area contributed by atoms with Gasteiger partial charge in [0.2, 0.25) is 5.91 Å². The molecule has 0 saturated carbocycles. The van der Waals surface area contributed by atoms with Crippen molar-refractivity contribution in [3.63, 3.8) is 0 Å². The number of benzene rings is 1. The van der Waals surface area contributed by atoms with Crippen LogP contribution in [-0.4, -0.2) is 34.8 Å². The van der Waals surface area contributed by atoms with Crippen molar-refractivity contribution in [2.75, 3.05) is 0 Å². The molecular formula is C23H36N2O2. The molecule has 2 bridgehead atoms. The maximum atomic E-state index is 13.3. The van der Waals surface area contributed by atoms with Crippen LogP contribution in [-0.2, 0) is 17.6 Å². The molecule has 0 radical (unpaired) electrons. The zero-order valence-electron chi connectivity index (χ0n) is 18.0. The Kier molecular flexibility index (Phi) is 7.07. The number of fused-ring (bicyclic) bond motifs is 2. The zero-order chi connectivity index (χ0) is 20.3. The molecule has 3 atom stereocenters. The summed E-state index contributed by atoms with van der Waals surface area (Å²) >= 11 is 0. The van der Waals surface area contributed by atoms with E-state index in [9.17, 15) is 9.59 Å². The first-order chi connectivity index (χ1) is 12.6. The number of rotatable bonds is 4. The van der Waals surface area contributed by atoms with Crippen LogP contribution >= 0.6 is 0 Å². The van der Waals surface area contributed by atoms with Crippen molar-refractivity contribution in [1.82, 2.24) is 10.2 Å². The van der Waals surface area contributed by atoms with Crippen LogP contribution in [0.4, 0.5) is 0 Å². The van der Waals surface area contributed by atoms with Crippen LogP contribution < -0.4 is 5.32 Å². The van der Waals surface area contributed by atoms with E-state index in [1.807, 2.05) is 44.7 Å². The summed E-state index contributed by atoms with van der Waals surface area (Å²) in [6.07, 6.45) is 2.51. The Morgan fingerprint density at radius 2 is 1.74 bits per heavy atom. The summed E-state index contributed by atoms with van der Waals surface area (Å²) < 4.78 is 0. The molecule has 2 rings (SSSR count). The van der Waals surface area contributed by atoms with E-state index in [2.05, 4.69) is 32.2 Å². The first kappa shape index (κ1) is 21.5. The molecule has 0 saturated heterocycles. The maximum absolute atomic E-state index is 13.3. The number of aryl methyl sites for hydroxylation is 1. The molecule has 0 aliphatic carbocycles. The lowest BCUT2D eigenvalue weighted by molar-refractivity contribution is -0.137. The Labute approximate surface area is 164 Å².